The van der Waals surface area contributed by atoms with Crippen LogP contribution >= 0.6 is 11.7 Å². The average Bonchev–Trinajstić information content (AvgIpc) is 2.92. The number of aryl methyl sites for hydroxylation is 1. The van der Waals surface area contributed by atoms with Crippen molar-refractivity contribution in [1.82, 2.24) is 24.0 Å². The fourth-order valence-corrected chi connectivity index (χ4v) is 2.32. The normalized spacial score (nSPS) is 10.7. The van der Waals surface area contributed by atoms with Gasteiger partial charge in [-0.05, 0) is 31.2 Å². The largest absolute Gasteiger partial charge is 0.346 e. The molecule has 0 radical (unpaired) electrons. The molecule has 3 rings (SSSR count). The van der Waals surface area contributed by atoms with E-state index in [0.717, 1.165) is 34.1 Å². The maximum Gasteiger partial charge on any atom is 0.251 e. The smallest absolute Gasteiger partial charge is 0.251 e. The molecule has 0 bridgehead atoms. The molecule has 0 unspecified atom stereocenters. The maximum absolute atomic E-state index is 12.1. The summed E-state index contributed by atoms with van der Waals surface area (Å²) in [6.45, 7) is 2.26. The van der Waals surface area contributed by atoms with Crippen molar-refractivity contribution < 1.29 is 4.79 Å². The number of aromatic nitrogens is 4. The van der Waals surface area contributed by atoms with Gasteiger partial charge < -0.3 is 5.32 Å². The first kappa shape index (κ1) is 12.6. The predicted octanol–water partition coefficient (Wildman–Crippen LogP) is 1.72. The molecule has 2 aromatic heterocycles. The van der Waals surface area contributed by atoms with Crippen molar-refractivity contribution in [2.24, 2.45) is 0 Å². The van der Waals surface area contributed by atoms with E-state index >= 15 is 0 Å². The van der Waals surface area contributed by atoms with Gasteiger partial charge in [0.15, 0.2) is 0 Å². The van der Waals surface area contributed by atoms with E-state index in [9.17, 15) is 4.79 Å². The van der Waals surface area contributed by atoms with Crippen LogP contribution in [0.1, 0.15) is 21.7 Å². The van der Waals surface area contributed by atoms with E-state index in [1.54, 1.807) is 18.2 Å². The second-order valence-corrected chi connectivity index (χ2v) is 4.83. The lowest BCUT2D eigenvalue weighted by Crippen LogP contribution is -2.23. The van der Waals surface area contributed by atoms with Gasteiger partial charge in [0.25, 0.3) is 5.91 Å². The molecule has 1 N–H and O–H groups in total. The first-order valence-corrected chi connectivity index (χ1v) is 6.73. The molecule has 0 aliphatic rings. The fraction of sp³-hybridized carbons (Fsp3) is 0.154. The quantitative estimate of drug-likeness (QED) is 0.792. The molecule has 0 spiro atoms. The molecule has 1 amide bonds. The third-order valence-electron chi connectivity index (χ3n) is 2.81. The highest BCUT2D eigenvalue weighted by Gasteiger charge is 2.08. The van der Waals surface area contributed by atoms with Crippen LogP contribution in [0, 0.1) is 6.92 Å². The van der Waals surface area contributed by atoms with Crippen LogP contribution in [0.3, 0.4) is 0 Å². The van der Waals surface area contributed by atoms with Crippen LogP contribution in [0.4, 0.5) is 0 Å². The molecular weight excluding hydrogens is 274 g/mol. The Hall–Kier alpha value is -2.41. The molecule has 0 atom stereocenters. The summed E-state index contributed by atoms with van der Waals surface area (Å²) >= 11 is 1.14. The van der Waals surface area contributed by atoms with Crippen molar-refractivity contribution in [3.8, 4) is 0 Å². The molecule has 1 aromatic carbocycles. The summed E-state index contributed by atoms with van der Waals surface area (Å²) in [6.07, 6.45) is 1.49. The first-order chi connectivity index (χ1) is 9.72. The van der Waals surface area contributed by atoms with Gasteiger partial charge in [-0.2, -0.15) is 8.75 Å². The van der Waals surface area contributed by atoms with Gasteiger partial charge in [0.1, 0.15) is 17.4 Å². The van der Waals surface area contributed by atoms with Gasteiger partial charge in [0.05, 0.1) is 24.0 Å². The number of nitrogens with zero attached hydrogens (tertiary/aromatic N) is 4. The number of fused-ring (bicyclic) bond motifs is 1. The average molecular weight is 285 g/mol. The lowest BCUT2D eigenvalue weighted by molar-refractivity contribution is 0.0950. The SMILES string of the molecule is Cc1cc(CNC(=O)c2ccc3nsnc3c2)ncn1. The van der Waals surface area contributed by atoms with E-state index in [4.69, 9.17) is 0 Å². The molecule has 0 fully saturated rings. The number of hydrogen-bond donors (Lipinski definition) is 1. The number of hydrogen-bond acceptors (Lipinski definition) is 6. The van der Waals surface area contributed by atoms with Crippen LogP contribution in [0.15, 0.2) is 30.6 Å². The second-order valence-electron chi connectivity index (χ2n) is 4.30. The number of benzene rings is 1. The van der Waals surface area contributed by atoms with Gasteiger partial charge >= 0.3 is 0 Å². The first-order valence-electron chi connectivity index (χ1n) is 6.00. The van der Waals surface area contributed by atoms with Crippen LogP contribution in [0.5, 0.6) is 0 Å². The Morgan fingerprint density at radius 2 is 2.05 bits per heavy atom. The summed E-state index contributed by atoms with van der Waals surface area (Å²) in [5.74, 6) is -0.156. The van der Waals surface area contributed by atoms with Gasteiger partial charge in [-0.25, -0.2) is 9.97 Å². The van der Waals surface area contributed by atoms with E-state index < -0.39 is 0 Å². The zero-order chi connectivity index (χ0) is 13.9. The molecule has 0 saturated carbocycles. The molecule has 3 aromatic rings. The molecule has 0 aliphatic heterocycles. The molecule has 20 heavy (non-hydrogen) atoms. The summed E-state index contributed by atoms with van der Waals surface area (Å²) in [4.78, 5) is 20.2. The summed E-state index contributed by atoms with van der Waals surface area (Å²) in [5.41, 5.74) is 3.76. The Morgan fingerprint density at radius 3 is 2.90 bits per heavy atom. The van der Waals surface area contributed by atoms with E-state index in [2.05, 4.69) is 24.0 Å². The van der Waals surface area contributed by atoms with Gasteiger partial charge in [-0.3, -0.25) is 4.79 Å². The van der Waals surface area contributed by atoms with Crippen molar-refractivity contribution in [3.05, 3.63) is 47.5 Å². The third-order valence-corrected chi connectivity index (χ3v) is 3.36. The molecule has 6 nitrogen and oxygen atoms in total. The fourth-order valence-electron chi connectivity index (χ4n) is 1.80. The molecule has 100 valence electrons. The Labute approximate surface area is 119 Å². The highest BCUT2D eigenvalue weighted by atomic mass is 32.1. The van der Waals surface area contributed by atoms with E-state index in [-0.39, 0.29) is 5.91 Å². The minimum Gasteiger partial charge on any atom is -0.346 e. The molecule has 2 heterocycles. The van der Waals surface area contributed by atoms with Crippen LogP contribution in [-0.2, 0) is 6.54 Å². The summed E-state index contributed by atoms with van der Waals surface area (Å²) in [5, 5.41) is 2.83. The van der Waals surface area contributed by atoms with Crippen molar-refractivity contribution >= 4 is 28.7 Å². The van der Waals surface area contributed by atoms with Gasteiger partial charge in [-0.15, -0.1) is 0 Å². The van der Waals surface area contributed by atoms with Crippen LogP contribution in [0.25, 0.3) is 11.0 Å². The molecule has 7 heteroatoms. The maximum atomic E-state index is 12.1. The zero-order valence-electron chi connectivity index (χ0n) is 10.7. The molecule has 0 aliphatic carbocycles. The van der Waals surface area contributed by atoms with Crippen molar-refractivity contribution in [1.29, 1.82) is 0 Å². The van der Waals surface area contributed by atoms with Crippen LogP contribution in [0.2, 0.25) is 0 Å². The van der Waals surface area contributed by atoms with E-state index in [1.807, 2.05) is 13.0 Å². The number of rotatable bonds is 3. The highest BCUT2D eigenvalue weighted by molar-refractivity contribution is 7.00. The Bertz CT molecular complexity index is 770. The predicted molar refractivity (Wildman–Crippen MR) is 75.4 cm³/mol. The van der Waals surface area contributed by atoms with Gasteiger partial charge in [-0.1, -0.05) is 0 Å². The number of nitrogens with one attached hydrogen (secondary N) is 1. The summed E-state index contributed by atoms with van der Waals surface area (Å²) < 4.78 is 8.23. The minimum absolute atomic E-state index is 0.156. The third kappa shape index (κ3) is 2.62. The lowest BCUT2D eigenvalue weighted by atomic mass is 10.2. The van der Waals surface area contributed by atoms with Crippen molar-refractivity contribution in [3.63, 3.8) is 0 Å². The Balaban J connectivity index is 1.72. The van der Waals surface area contributed by atoms with Crippen molar-refractivity contribution in [2.45, 2.75) is 13.5 Å². The lowest BCUT2D eigenvalue weighted by Gasteiger charge is -2.05. The highest BCUT2D eigenvalue weighted by Crippen LogP contribution is 2.13. The van der Waals surface area contributed by atoms with Crippen LogP contribution < -0.4 is 5.32 Å². The molecular formula is C13H11N5OS. The molecule has 0 saturated heterocycles. The van der Waals surface area contributed by atoms with Crippen LogP contribution in [-0.4, -0.2) is 24.6 Å². The standard InChI is InChI=1S/C13H11N5OS/c1-8-4-10(16-7-15-8)6-14-13(19)9-2-3-11-12(5-9)18-20-17-11/h2-5,7H,6H2,1H3,(H,14,19). The second kappa shape index (κ2) is 5.30. The topological polar surface area (TPSA) is 80.7 Å². The van der Waals surface area contributed by atoms with Crippen molar-refractivity contribution in [2.75, 3.05) is 0 Å². The number of amides is 1. The number of carbonyl (C=O) groups excluding carboxylic acids is 1. The summed E-state index contributed by atoms with van der Waals surface area (Å²) in [7, 11) is 0. The van der Waals surface area contributed by atoms with Gasteiger partial charge in [0.2, 0.25) is 0 Å². The van der Waals surface area contributed by atoms with E-state index in [0.29, 0.717) is 12.1 Å². The monoisotopic (exact) mass is 285 g/mol. The Morgan fingerprint density at radius 1 is 1.20 bits per heavy atom. The minimum atomic E-state index is -0.156. The Kier molecular flexibility index (Phi) is 3.34. The zero-order valence-corrected chi connectivity index (χ0v) is 11.5. The van der Waals surface area contributed by atoms with E-state index in [1.165, 1.54) is 6.33 Å². The van der Waals surface area contributed by atoms with Gasteiger partial charge in [0, 0.05) is 11.3 Å². The number of carbonyl (C=O) groups is 1. The summed E-state index contributed by atoms with van der Waals surface area (Å²) in [6, 6.07) is 7.11.